The van der Waals surface area contributed by atoms with Crippen molar-refractivity contribution < 1.29 is 26.4 Å². The van der Waals surface area contributed by atoms with Gasteiger partial charge in [-0.15, -0.1) is 0 Å². The summed E-state index contributed by atoms with van der Waals surface area (Å²) >= 11 is 0. The van der Waals surface area contributed by atoms with E-state index >= 15 is 0 Å². The van der Waals surface area contributed by atoms with E-state index in [1.54, 1.807) is 12.1 Å². The van der Waals surface area contributed by atoms with Crippen molar-refractivity contribution in [3.63, 3.8) is 0 Å². The van der Waals surface area contributed by atoms with Crippen molar-refractivity contribution in [2.75, 3.05) is 32.4 Å². The largest absolute Gasteiger partial charge is 0.449 e. The highest BCUT2D eigenvalue weighted by atomic mass is 32.2. The van der Waals surface area contributed by atoms with E-state index in [9.17, 15) is 26.4 Å². The van der Waals surface area contributed by atoms with Crippen LogP contribution in [-0.4, -0.2) is 65.5 Å². The number of carbonyl (C=O) groups excluding carboxylic acids is 1. The van der Waals surface area contributed by atoms with E-state index in [1.165, 1.54) is 21.3 Å². The highest BCUT2D eigenvalue weighted by Crippen LogP contribution is 2.31. The Morgan fingerprint density at radius 1 is 1.15 bits per heavy atom. The Bertz CT molecular complexity index is 931. The molecule has 142 valence electrons. The van der Waals surface area contributed by atoms with E-state index in [1.807, 2.05) is 0 Å². The van der Waals surface area contributed by atoms with Crippen LogP contribution in [0.25, 0.3) is 11.0 Å². The summed E-state index contributed by atoms with van der Waals surface area (Å²) in [5.41, 5.74) is 0.387. The van der Waals surface area contributed by atoms with Crippen molar-refractivity contribution in [1.29, 1.82) is 0 Å². The Morgan fingerprint density at radius 3 is 2.35 bits per heavy atom. The summed E-state index contributed by atoms with van der Waals surface area (Å²) < 4.78 is 65.0. The number of hydrogen-bond acceptors (Lipinski definition) is 4. The molecule has 0 unspecified atom stereocenters. The molecule has 7 nitrogen and oxygen atoms in total. The third-order valence-electron chi connectivity index (χ3n) is 4.26. The first-order valence-corrected chi connectivity index (χ1v) is 9.67. The van der Waals surface area contributed by atoms with Gasteiger partial charge in [0.2, 0.25) is 21.8 Å². The summed E-state index contributed by atoms with van der Waals surface area (Å²) in [6.45, 7) is 0.0246. The fourth-order valence-electron chi connectivity index (χ4n) is 2.96. The molecule has 1 aliphatic rings. The van der Waals surface area contributed by atoms with Gasteiger partial charge in [0.15, 0.2) is 0 Å². The van der Waals surface area contributed by atoms with Gasteiger partial charge in [0.1, 0.15) is 6.54 Å². The molecular weight excluding hydrogens is 373 g/mol. The summed E-state index contributed by atoms with van der Waals surface area (Å²) in [6.07, 6.45) is -3.61. The first-order valence-electron chi connectivity index (χ1n) is 7.83. The molecule has 0 N–H and O–H groups in total. The number of hydrogen-bond donors (Lipinski definition) is 0. The molecule has 3 rings (SSSR count). The van der Waals surface area contributed by atoms with E-state index in [0.717, 1.165) is 10.8 Å². The molecule has 1 fully saturated rings. The summed E-state index contributed by atoms with van der Waals surface area (Å²) in [5.74, 6) is -1.63. The zero-order chi connectivity index (χ0) is 19.1. The molecule has 0 bridgehead atoms. The van der Waals surface area contributed by atoms with Crippen LogP contribution >= 0.6 is 0 Å². The SMILES string of the molecule is CS(=O)(=O)N1CCN(C(=O)Cn2c(C(F)(F)F)nc3ccccc32)CC1. The van der Waals surface area contributed by atoms with E-state index < -0.39 is 34.5 Å². The van der Waals surface area contributed by atoms with Crippen LogP contribution in [0.3, 0.4) is 0 Å². The van der Waals surface area contributed by atoms with Crippen molar-refractivity contribution in [1.82, 2.24) is 18.8 Å². The molecule has 0 atom stereocenters. The maximum atomic E-state index is 13.3. The number of rotatable bonds is 3. The molecule has 2 aromatic rings. The lowest BCUT2D eigenvalue weighted by atomic mass is 10.3. The Labute approximate surface area is 148 Å². The Balaban J connectivity index is 1.82. The van der Waals surface area contributed by atoms with Crippen LogP contribution in [0, 0.1) is 0 Å². The second kappa shape index (κ2) is 6.54. The first-order chi connectivity index (χ1) is 12.1. The maximum Gasteiger partial charge on any atom is 0.449 e. The Hall–Kier alpha value is -2.14. The van der Waals surface area contributed by atoms with Gasteiger partial charge in [-0.25, -0.2) is 13.4 Å². The van der Waals surface area contributed by atoms with E-state index in [0.29, 0.717) is 0 Å². The topological polar surface area (TPSA) is 75.5 Å². The number of aromatic nitrogens is 2. The van der Waals surface area contributed by atoms with Crippen molar-refractivity contribution in [2.24, 2.45) is 0 Å². The number of fused-ring (bicyclic) bond motifs is 1. The average Bonchev–Trinajstić information content (AvgIpc) is 2.93. The number of piperazine rings is 1. The van der Waals surface area contributed by atoms with E-state index in [4.69, 9.17) is 0 Å². The lowest BCUT2D eigenvalue weighted by molar-refractivity contribution is -0.148. The van der Waals surface area contributed by atoms with Crippen LogP contribution in [0.4, 0.5) is 13.2 Å². The van der Waals surface area contributed by atoms with Crippen LogP contribution in [0.15, 0.2) is 24.3 Å². The molecule has 1 aromatic heterocycles. The van der Waals surface area contributed by atoms with Gasteiger partial charge in [-0.2, -0.15) is 17.5 Å². The van der Waals surface area contributed by atoms with Gasteiger partial charge in [0.05, 0.1) is 17.3 Å². The van der Waals surface area contributed by atoms with Gasteiger partial charge in [0.25, 0.3) is 0 Å². The van der Waals surface area contributed by atoms with Gasteiger partial charge >= 0.3 is 6.18 Å². The predicted octanol–water partition coefficient (Wildman–Crippen LogP) is 1.16. The number of amides is 1. The molecule has 0 aliphatic carbocycles. The molecule has 1 amide bonds. The number of para-hydroxylation sites is 2. The smallest absolute Gasteiger partial charge is 0.339 e. The Kier molecular flexibility index (Phi) is 4.69. The molecule has 11 heteroatoms. The zero-order valence-electron chi connectivity index (χ0n) is 13.9. The Morgan fingerprint density at radius 2 is 1.77 bits per heavy atom. The second-order valence-electron chi connectivity index (χ2n) is 6.05. The lowest BCUT2D eigenvalue weighted by Gasteiger charge is -2.33. The van der Waals surface area contributed by atoms with Gasteiger partial charge in [-0.1, -0.05) is 12.1 Å². The summed E-state index contributed by atoms with van der Waals surface area (Å²) in [7, 11) is -3.35. The van der Waals surface area contributed by atoms with Crippen molar-refractivity contribution in [2.45, 2.75) is 12.7 Å². The minimum absolute atomic E-state index is 0.126. The van der Waals surface area contributed by atoms with Gasteiger partial charge in [-0.3, -0.25) is 4.79 Å². The summed E-state index contributed by atoms with van der Waals surface area (Å²) in [4.78, 5) is 17.5. The fourth-order valence-corrected chi connectivity index (χ4v) is 3.78. The number of sulfonamides is 1. The highest BCUT2D eigenvalue weighted by molar-refractivity contribution is 7.88. The number of alkyl halides is 3. The number of halogens is 3. The van der Waals surface area contributed by atoms with Gasteiger partial charge in [0, 0.05) is 26.2 Å². The molecule has 2 heterocycles. The quantitative estimate of drug-likeness (QED) is 0.788. The third kappa shape index (κ3) is 3.68. The predicted molar refractivity (Wildman–Crippen MR) is 87.7 cm³/mol. The average molecular weight is 390 g/mol. The second-order valence-corrected chi connectivity index (χ2v) is 8.03. The van der Waals surface area contributed by atoms with E-state index in [2.05, 4.69) is 4.98 Å². The summed E-state index contributed by atoms with van der Waals surface area (Å²) in [6, 6.07) is 6.09. The molecule has 0 saturated carbocycles. The number of benzene rings is 1. The first kappa shape index (κ1) is 18.6. The third-order valence-corrected chi connectivity index (χ3v) is 5.57. The van der Waals surface area contributed by atoms with Crippen LogP contribution in [0.2, 0.25) is 0 Å². The molecule has 0 radical (unpaired) electrons. The van der Waals surface area contributed by atoms with Crippen molar-refractivity contribution >= 4 is 27.0 Å². The van der Waals surface area contributed by atoms with Gasteiger partial charge in [-0.05, 0) is 12.1 Å². The van der Waals surface area contributed by atoms with Crippen LogP contribution in [0.1, 0.15) is 5.82 Å². The van der Waals surface area contributed by atoms with Crippen LogP contribution in [-0.2, 0) is 27.5 Å². The molecule has 26 heavy (non-hydrogen) atoms. The minimum atomic E-state index is -4.69. The standard InChI is InChI=1S/C15H17F3N4O3S/c1-26(24,25)21-8-6-20(7-9-21)13(23)10-22-12-5-3-2-4-11(12)19-14(22)15(16,17)18/h2-5H,6-10H2,1H3. The monoisotopic (exact) mass is 390 g/mol. The molecule has 1 aromatic carbocycles. The van der Waals surface area contributed by atoms with Gasteiger partial charge < -0.3 is 9.47 Å². The maximum absolute atomic E-state index is 13.3. The van der Waals surface area contributed by atoms with Crippen molar-refractivity contribution in [3.8, 4) is 0 Å². The molecule has 1 saturated heterocycles. The van der Waals surface area contributed by atoms with E-state index in [-0.39, 0.29) is 37.2 Å². The fraction of sp³-hybridized carbons (Fsp3) is 0.467. The molecule has 1 aliphatic heterocycles. The molecular formula is C15H17F3N4O3S. The van der Waals surface area contributed by atoms with Crippen molar-refractivity contribution in [3.05, 3.63) is 30.1 Å². The molecule has 0 spiro atoms. The normalized spacial score (nSPS) is 17.0. The zero-order valence-corrected chi connectivity index (χ0v) is 14.7. The van der Waals surface area contributed by atoms with Crippen LogP contribution < -0.4 is 0 Å². The number of imidazole rings is 1. The minimum Gasteiger partial charge on any atom is -0.339 e. The highest BCUT2D eigenvalue weighted by Gasteiger charge is 2.38. The number of nitrogens with zero attached hydrogens (tertiary/aromatic N) is 4. The summed E-state index contributed by atoms with van der Waals surface area (Å²) in [5, 5.41) is 0. The number of carbonyl (C=O) groups is 1. The van der Waals surface area contributed by atoms with Crippen LogP contribution in [0.5, 0.6) is 0 Å². The lowest BCUT2D eigenvalue weighted by Crippen LogP contribution is -2.51.